The fraction of sp³-hybridized carbons (Fsp3) is 0.258. The van der Waals surface area contributed by atoms with Crippen LogP contribution in [0.25, 0.3) is 28.0 Å². The summed E-state index contributed by atoms with van der Waals surface area (Å²) in [5, 5.41) is 19.1. The molecule has 45 heavy (non-hydrogen) atoms. The zero-order chi connectivity index (χ0) is 32.9. The van der Waals surface area contributed by atoms with Crippen LogP contribution in [0, 0.1) is 35.7 Å². The second kappa shape index (κ2) is 12.1. The number of aromatic nitrogens is 3. The molecule has 5 rings (SSSR count). The van der Waals surface area contributed by atoms with E-state index in [9.17, 15) is 24.3 Å². The Morgan fingerprint density at radius 3 is 2.40 bits per heavy atom. The molecule has 0 spiro atoms. The lowest BCUT2D eigenvalue weighted by Crippen LogP contribution is -2.49. The van der Waals surface area contributed by atoms with Gasteiger partial charge in [-0.1, -0.05) is 43.6 Å². The first kappa shape index (κ1) is 31.8. The number of carbonyl (C=O) groups is 1. The van der Waals surface area contributed by atoms with Crippen LogP contribution in [0.15, 0.2) is 35.8 Å². The maximum absolute atomic E-state index is 15.3. The number of pyridine rings is 3. The molecule has 232 valence electrons. The van der Waals surface area contributed by atoms with E-state index in [4.69, 9.17) is 23.2 Å². The predicted molar refractivity (Wildman–Crippen MR) is 165 cm³/mol. The highest BCUT2D eigenvalue weighted by atomic mass is 35.5. The molecule has 1 aliphatic rings. The van der Waals surface area contributed by atoms with Gasteiger partial charge < -0.3 is 14.9 Å². The summed E-state index contributed by atoms with van der Waals surface area (Å²) < 4.78 is 46.3. The average Bonchev–Trinajstić information content (AvgIpc) is 3.02. The number of amides is 1. The minimum absolute atomic E-state index is 0.152. The number of nitrogens with zero attached hydrogens (tertiary/aromatic N) is 6. The number of hydrogen-bond acceptors (Lipinski definition) is 7. The van der Waals surface area contributed by atoms with Crippen molar-refractivity contribution in [2.24, 2.45) is 0 Å². The average molecular weight is 657 g/mol. The minimum atomic E-state index is -1.75. The van der Waals surface area contributed by atoms with Gasteiger partial charge in [0.1, 0.15) is 22.3 Å². The summed E-state index contributed by atoms with van der Waals surface area (Å²) in [5.41, 5.74) is -1.45. The van der Waals surface area contributed by atoms with E-state index in [1.807, 2.05) is 19.9 Å². The van der Waals surface area contributed by atoms with Crippen LogP contribution in [0.3, 0.4) is 0 Å². The molecule has 1 N–H and O–H groups in total. The molecule has 1 aliphatic heterocycles. The lowest BCUT2D eigenvalue weighted by molar-refractivity contribution is -0.126. The molecule has 1 saturated heterocycles. The molecule has 1 fully saturated rings. The summed E-state index contributed by atoms with van der Waals surface area (Å²) in [6.07, 6.45) is 2.75. The van der Waals surface area contributed by atoms with E-state index in [-0.39, 0.29) is 65.3 Å². The van der Waals surface area contributed by atoms with Crippen LogP contribution in [0.4, 0.5) is 18.9 Å². The molecule has 4 heterocycles. The summed E-state index contributed by atoms with van der Waals surface area (Å²) >= 11 is 12.1. The highest BCUT2D eigenvalue weighted by molar-refractivity contribution is 6.34. The second-order valence-corrected chi connectivity index (χ2v) is 11.5. The summed E-state index contributed by atoms with van der Waals surface area (Å²) in [6, 6.07) is 4.93. The molecule has 1 amide bonds. The third-order valence-corrected chi connectivity index (χ3v) is 8.31. The quantitative estimate of drug-likeness (QED) is 0.159. The Kier molecular flexibility index (Phi) is 8.53. The maximum Gasteiger partial charge on any atom is 0.276 e. The first-order valence-corrected chi connectivity index (χ1v) is 14.5. The number of halogens is 5. The number of rotatable bonds is 5. The number of anilines is 1. The van der Waals surface area contributed by atoms with Crippen LogP contribution in [0.1, 0.15) is 36.6 Å². The zero-order valence-corrected chi connectivity index (χ0v) is 25.8. The largest absolute Gasteiger partial charge is 0.504 e. The molecule has 4 aromatic rings. The van der Waals surface area contributed by atoms with E-state index in [1.54, 1.807) is 29.0 Å². The number of aryl methyl sites for hydroxylation is 1. The van der Waals surface area contributed by atoms with E-state index in [1.165, 1.54) is 12.1 Å². The number of hydrogen-bond donors (Lipinski definition) is 1. The molecule has 0 unspecified atom stereocenters. The molecular weight excluding hydrogens is 632 g/mol. The van der Waals surface area contributed by atoms with Gasteiger partial charge in [0.25, 0.3) is 5.56 Å². The first-order valence-electron chi connectivity index (χ1n) is 13.7. The van der Waals surface area contributed by atoms with Crippen molar-refractivity contribution in [2.75, 3.05) is 31.1 Å². The maximum atomic E-state index is 15.3. The van der Waals surface area contributed by atoms with Crippen molar-refractivity contribution in [1.29, 1.82) is 5.26 Å². The zero-order valence-electron chi connectivity index (χ0n) is 24.3. The van der Waals surface area contributed by atoms with Crippen molar-refractivity contribution >= 4 is 45.8 Å². The summed E-state index contributed by atoms with van der Waals surface area (Å²) in [7, 11) is 0. The van der Waals surface area contributed by atoms with Crippen molar-refractivity contribution in [3.8, 4) is 28.8 Å². The number of aromatic hydroxyl groups is 1. The monoisotopic (exact) mass is 656 g/mol. The van der Waals surface area contributed by atoms with Gasteiger partial charge >= 0.3 is 0 Å². The molecule has 9 nitrogen and oxygen atoms in total. The second-order valence-electron chi connectivity index (χ2n) is 10.7. The molecule has 0 radical (unpaired) electrons. The van der Waals surface area contributed by atoms with Crippen molar-refractivity contribution in [3.05, 3.63) is 85.7 Å². The Bertz CT molecular complexity index is 1990. The Morgan fingerprint density at radius 2 is 1.80 bits per heavy atom. The van der Waals surface area contributed by atoms with Crippen molar-refractivity contribution in [1.82, 2.24) is 19.4 Å². The molecular formula is C31H25Cl2F3N6O3. The summed E-state index contributed by atoms with van der Waals surface area (Å²) in [6.45, 7) is 9.86. The third kappa shape index (κ3) is 5.15. The molecule has 0 atom stereocenters. The predicted octanol–water partition coefficient (Wildman–Crippen LogP) is 6.02. The third-order valence-electron chi connectivity index (χ3n) is 7.67. The fourth-order valence-corrected chi connectivity index (χ4v) is 5.89. The van der Waals surface area contributed by atoms with Gasteiger partial charge in [-0.2, -0.15) is 5.26 Å². The van der Waals surface area contributed by atoms with Gasteiger partial charge in [0.2, 0.25) is 5.91 Å². The number of nitriles is 1. The molecule has 1 aromatic carbocycles. The number of piperazine rings is 1. The SMILES string of the molecule is C=CC(=O)N1CCN(c2c(C#N)c(=O)n(-c3c(C)ccnc3C(C)C)c3nc(-c4c(F)c(O)c(Cl)c(F)c4F)c(Cl)cc23)CC1. The van der Waals surface area contributed by atoms with E-state index in [2.05, 4.69) is 16.5 Å². The Labute approximate surface area is 265 Å². The molecule has 14 heteroatoms. The Morgan fingerprint density at radius 1 is 1.13 bits per heavy atom. The van der Waals surface area contributed by atoms with E-state index >= 15 is 8.78 Å². The summed E-state index contributed by atoms with van der Waals surface area (Å²) in [5.74, 6) is -6.93. The van der Waals surface area contributed by atoms with Gasteiger partial charge in [0, 0.05) is 37.8 Å². The van der Waals surface area contributed by atoms with Gasteiger partial charge in [-0.15, -0.1) is 0 Å². The van der Waals surface area contributed by atoms with Gasteiger partial charge in [0.05, 0.1) is 33.3 Å². The van der Waals surface area contributed by atoms with Crippen molar-refractivity contribution in [3.63, 3.8) is 0 Å². The van der Waals surface area contributed by atoms with Crippen LogP contribution in [-0.4, -0.2) is 56.6 Å². The number of phenolic OH excluding ortho intramolecular Hbond substituents is 1. The molecule has 0 aliphatic carbocycles. The number of benzene rings is 1. The normalized spacial score (nSPS) is 13.4. The van der Waals surface area contributed by atoms with Crippen LogP contribution < -0.4 is 10.5 Å². The fourth-order valence-electron chi connectivity index (χ4n) is 5.47. The van der Waals surface area contributed by atoms with Crippen LogP contribution in [0.2, 0.25) is 10.0 Å². The highest BCUT2D eigenvalue weighted by Gasteiger charge is 2.32. The van der Waals surface area contributed by atoms with Crippen molar-refractivity contribution in [2.45, 2.75) is 26.7 Å². The molecule has 0 bridgehead atoms. The Balaban J connectivity index is 1.93. The number of fused-ring (bicyclic) bond motifs is 1. The van der Waals surface area contributed by atoms with E-state index in [0.29, 0.717) is 16.9 Å². The first-order chi connectivity index (χ1) is 21.3. The standard InChI is InChI=1S/C31H25Cl2F3N6O3/c1-5-19(43)40-8-10-41(11-9-40)28-16-12-18(32)26(20-22(34)24(36)21(33)29(44)23(20)35)39-30(16)42(31(45)17(28)13-37)27-15(4)6-7-38-25(27)14(2)3/h5-7,12,14,44H,1,8-11H2,2-4H3. The van der Waals surface area contributed by atoms with Crippen LogP contribution in [0.5, 0.6) is 5.75 Å². The highest BCUT2D eigenvalue weighted by Crippen LogP contribution is 2.43. The number of carbonyl (C=O) groups excluding carboxylic acids is 1. The van der Waals surface area contributed by atoms with Gasteiger partial charge in [-0.3, -0.25) is 19.1 Å². The smallest absolute Gasteiger partial charge is 0.276 e. The lowest BCUT2D eigenvalue weighted by atomic mass is 10.0. The van der Waals surface area contributed by atoms with E-state index < -0.39 is 45.0 Å². The molecule has 0 saturated carbocycles. The van der Waals surface area contributed by atoms with Crippen molar-refractivity contribution < 1.29 is 23.1 Å². The Hall–Kier alpha value is -4.60. The minimum Gasteiger partial charge on any atom is -0.504 e. The van der Waals surface area contributed by atoms with Gasteiger partial charge in [-0.25, -0.2) is 18.2 Å². The van der Waals surface area contributed by atoms with Gasteiger partial charge in [-0.05, 0) is 36.6 Å². The topological polar surface area (TPSA) is 115 Å². The summed E-state index contributed by atoms with van der Waals surface area (Å²) in [4.78, 5) is 38.7. The molecule has 3 aromatic heterocycles. The van der Waals surface area contributed by atoms with Crippen LogP contribution >= 0.6 is 23.2 Å². The lowest BCUT2D eigenvalue weighted by Gasteiger charge is -2.36. The van der Waals surface area contributed by atoms with Crippen LogP contribution in [-0.2, 0) is 4.79 Å². The van der Waals surface area contributed by atoms with Gasteiger partial charge in [0.15, 0.2) is 23.2 Å². The number of phenols is 1. The van der Waals surface area contributed by atoms with E-state index in [0.717, 1.165) is 4.57 Å².